The van der Waals surface area contributed by atoms with Crippen molar-refractivity contribution in [2.24, 2.45) is 0 Å². The minimum atomic E-state index is -0.173. The van der Waals surface area contributed by atoms with Gasteiger partial charge in [-0.15, -0.1) is 10.2 Å². The molecule has 0 radical (unpaired) electrons. The van der Waals surface area contributed by atoms with E-state index in [1.54, 1.807) is 25.3 Å². The molecule has 0 bridgehead atoms. The summed E-state index contributed by atoms with van der Waals surface area (Å²) >= 11 is 7.35. The average molecular weight is 417 g/mol. The summed E-state index contributed by atoms with van der Waals surface area (Å²) in [7, 11) is 1.55. The SMILES string of the molecule is CCn1c(SCC(=O)Nc2cc(Cl)ccc2OC)nnc1-c1cccc(C)c1. The van der Waals surface area contributed by atoms with E-state index in [1.165, 1.54) is 11.8 Å². The van der Waals surface area contributed by atoms with Crippen molar-refractivity contribution in [3.8, 4) is 17.1 Å². The molecule has 2 aromatic carbocycles. The minimum Gasteiger partial charge on any atom is -0.495 e. The number of carbonyl (C=O) groups excluding carboxylic acids is 1. The standard InChI is InChI=1S/C20H21ClN4O2S/c1-4-25-19(14-7-5-6-13(2)10-14)23-24-20(25)28-12-18(26)22-16-11-15(21)8-9-17(16)27-3/h5-11H,4,12H2,1-3H3,(H,22,26). The van der Waals surface area contributed by atoms with E-state index in [1.807, 2.05) is 36.6 Å². The lowest BCUT2D eigenvalue weighted by Gasteiger charge is -2.11. The molecule has 28 heavy (non-hydrogen) atoms. The number of nitrogens with one attached hydrogen (secondary N) is 1. The summed E-state index contributed by atoms with van der Waals surface area (Å²) in [6, 6.07) is 13.2. The maximum Gasteiger partial charge on any atom is 0.234 e. The van der Waals surface area contributed by atoms with Gasteiger partial charge in [0.05, 0.1) is 18.6 Å². The average Bonchev–Trinajstić information content (AvgIpc) is 3.09. The highest BCUT2D eigenvalue weighted by molar-refractivity contribution is 7.99. The van der Waals surface area contributed by atoms with Crippen LogP contribution in [0.25, 0.3) is 11.4 Å². The van der Waals surface area contributed by atoms with Crippen LogP contribution in [-0.4, -0.2) is 33.5 Å². The first-order valence-corrected chi connectivity index (χ1v) is 10.1. The van der Waals surface area contributed by atoms with Gasteiger partial charge >= 0.3 is 0 Å². The van der Waals surface area contributed by atoms with E-state index < -0.39 is 0 Å². The number of nitrogens with zero attached hydrogens (tertiary/aromatic N) is 3. The van der Waals surface area contributed by atoms with Gasteiger partial charge in [-0.25, -0.2) is 0 Å². The number of thioether (sulfide) groups is 1. The van der Waals surface area contributed by atoms with Crippen molar-refractivity contribution >= 4 is 35.0 Å². The van der Waals surface area contributed by atoms with Crippen LogP contribution in [0, 0.1) is 6.92 Å². The molecule has 3 rings (SSSR count). The van der Waals surface area contributed by atoms with Crippen molar-refractivity contribution in [1.29, 1.82) is 0 Å². The first kappa shape index (κ1) is 20.2. The van der Waals surface area contributed by atoms with E-state index in [9.17, 15) is 4.79 Å². The maximum absolute atomic E-state index is 12.4. The fourth-order valence-electron chi connectivity index (χ4n) is 2.77. The molecular formula is C20H21ClN4O2S. The number of aryl methyl sites for hydroxylation is 1. The molecule has 1 N–H and O–H groups in total. The van der Waals surface area contributed by atoms with Crippen molar-refractivity contribution in [2.45, 2.75) is 25.5 Å². The summed E-state index contributed by atoms with van der Waals surface area (Å²) in [5.74, 6) is 1.38. The zero-order valence-electron chi connectivity index (χ0n) is 15.9. The number of ether oxygens (including phenoxy) is 1. The lowest BCUT2D eigenvalue weighted by molar-refractivity contribution is -0.113. The van der Waals surface area contributed by atoms with Crippen LogP contribution in [0.3, 0.4) is 0 Å². The van der Waals surface area contributed by atoms with E-state index in [0.29, 0.717) is 28.2 Å². The Morgan fingerprint density at radius 1 is 1.25 bits per heavy atom. The number of amides is 1. The first-order valence-electron chi connectivity index (χ1n) is 8.78. The first-order chi connectivity index (χ1) is 13.5. The fraction of sp³-hybridized carbons (Fsp3) is 0.250. The highest BCUT2D eigenvalue weighted by Crippen LogP contribution is 2.28. The Kier molecular flexibility index (Phi) is 6.59. The molecule has 0 aliphatic carbocycles. The second kappa shape index (κ2) is 9.12. The summed E-state index contributed by atoms with van der Waals surface area (Å²) in [5.41, 5.74) is 2.71. The molecule has 0 atom stereocenters. The summed E-state index contributed by atoms with van der Waals surface area (Å²) in [6.07, 6.45) is 0. The van der Waals surface area contributed by atoms with Crippen LogP contribution in [0.5, 0.6) is 5.75 Å². The van der Waals surface area contributed by atoms with Crippen molar-refractivity contribution in [2.75, 3.05) is 18.2 Å². The number of hydrogen-bond donors (Lipinski definition) is 1. The molecule has 1 amide bonds. The molecule has 0 saturated carbocycles. The van der Waals surface area contributed by atoms with Gasteiger partial charge in [0.1, 0.15) is 5.75 Å². The van der Waals surface area contributed by atoms with Gasteiger partial charge in [-0.3, -0.25) is 4.79 Å². The quantitative estimate of drug-likeness (QED) is 0.567. The topological polar surface area (TPSA) is 69.0 Å². The van der Waals surface area contributed by atoms with E-state index in [2.05, 4.69) is 21.6 Å². The van der Waals surface area contributed by atoms with Crippen molar-refractivity contribution in [3.63, 3.8) is 0 Å². The van der Waals surface area contributed by atoms with Gasteiger partial charge in [0, 0.05) is 17.1 Å². The number of methoxy groups -OCH3 is 1. The van der Waals surface area contributed by atoms with Crippen molar-refractivity contribution in [3.05, 3.63) is 53.1 Å². The van der Waals surface area contributed by atoms with Gasteiger partial charge in [-0.2, -0.15) is 0 Å². The molecule has 0 aliphatic rings. The second-order valence-corrected chi connectivity index (χ2v) is 7.48. The Labute approximate surface area is 173 Å². The third kappa shape index (κ3) is 4.66. The van der Waals surface area contributed by atoms with Gasteiger partial charge in [-0.1, -0.05) is 47.1 Å². The third-order valence-corrected chi connectivity index (χ3v) is 5.28. The molecule has 0 saturated heterocycles. The Balaban J connectivity index is 1.71. The Hall–Kier alpha value is -2.51. The number of carbonyl (C=O) groups is 1. The molecule has 0 unspecified atom stereocenters. The lowest BCUT2D eigenvalue weighted by atomic mass is 10.1. The predicted octanol–water partition coefficient (Wildman–Crippen LogP) is 4.67. The fourth-order valence-corrected chi connectivity index (χ4v) is 3.75. The zero-order chi connectivity index (χ0) is 20.1. The molecule has 0 aliphatic heterocycles. The van der Waals surface area contributed by atoms with E-state index in [4.69, 9.17) is 16.3 Å². The summed E-state index contributed by atoms with van der Waals surface area (Å²) in [5, 5.41) is 12.6. The molecule has 8 heteroatoms. The minimum absolute atomic E-state index is 0.173. The number of anilines is 1. The molecule has 3 aromatic rings. The molecule has 0 fully saturated rings. The molecule has 0 spiro atoms. The number of halogens is 1. The maximum atomic E-state index is 12.4. The third-order valence-electron chi connectivity index (χ3n) is 4.08. The number of aromatic nitrogens is 3. The molecule has 6 nitrogen and oxygen atoms in total. The smallest absolute Gasteiger partial charge is 0.234 e. The highest BCUT2D eigenvalue weighted by atomic mass is 35.5. The summed E-state index contributed by atoms with van der Waals surface area (Å²) in [6.45, 7) is 4.78. The highest BCUT2D eigenvalue weighted by Gasteiger charge is 2.15. The predicted molar refractivity (Wildman–Crippen MR) is 113 cm³/mol. The monoisotopic (exact) mass is 416 g/mol. The van der Waals surface area contributed by atoms with Crippen LogP contribution in [-0.2, 0) is 11.3 Å². The summed E-state index contributed by atoms with van der Waals surface area (Å²) < 4.78 is 7.26. The number of benzene rings is 2. The largest absolute Gasteiger partial charge is 0.495 e. The Morgan fingerprint density at radius 2 is 2.07 bits per heavy atom. The van der Waals surface area contributed by atoms with E-state index >= 15 is 0 Å². The van der Waals surface area contributed by atoms with Crippen LogP contribution in [0.1, 0.15) is 12.5 Å². The molecule has 146 valence electrons. The van der Waals surface area contributed by atoms with E-state index in [0.717, 1.165) is 17.0 Å². The van der Waals surface area contributed by atoms with Gasteiger partial charge in [0.15, 0.2) is 11.0 Å². The van der Waals surface area contributed by atoms with Gasteiger partial charge in [0.25, 0.3) is 0 Å². The van der Waals surface area contributed by atoms with Crippen LogP contribution < -0.4 is 10.1 Å². The second-order valence-electron chi connectivity index (χ2n) is 6.10. The van der Waals surface area contributed by atoms with Crippen molar-refractivity contribution in [1.82, 2.24) is 14.8 Å². The molecule has 1 heterocycles. The van der Waals surface area contributed by atoms with Gasteiger partial charge < -0.3 is 14.6 Å². The van der Waals surface area contributed by atoms with Crippen LogP contribution in [0.2, 0.25) is 5.02 Å². The number of hydrogen-bond acceptors (Lipinski definition) is 5. The van der Waals surface area contributed by atoms with Crippen LogP contribution >= 0.6 is 23.4 Å². The van der Waals surface area contributed by atoms with Crippen LogP contribution in [0.15, 0.2) is 47.6 Å². The Bertz CT molecular complexity index is 990. The Morgan fingerprint density at radius 3 is 2.79 bits per heavy atom. The van der Waals surface area contributed by atoms with E-state index in [-0.39, 0.29) is 11.7 Å². The summed E-state index contributed by atoms with van der Waals surface area (Å²) in [4.78, 5) is 12.4. The van der Waals surface area contributed by atoms with Crippen molar-refractivity contribution < 1.29 is 9.53 Å². The zero-order valence-corrected chi connectivity index (χ0v) is 17.5. The molecule has 1 aromatic heterocycles. The lowest BCUT2D eigenvalue weighted by Crippen LogP contribution is -2.15. The van der Waals surface area contributed by atoms with Gasteiger partial charge in [0.2, 0.25) is 5.91 Å². The van der Waals surface area contributed by atoms with Gasteiger partial charge in [-0.05, 0) is 38.1 Å². The molecular weight excluding hydrogens is 396 g/mol. The normalized spacial score (nSPS) is 10.7. The van der Waals surface area contributed by atoms with Crippen LogP contribution in [0.4, 0.5) is 5.69 Å². The number of rotatable bonds is 7.